The first-order chi connectivity index (χ1) is 12.8. The summed E-state index contributed by atoms with van der Waals surface area (Å²) >= 11 is 0. The zero-order valence-electron chi connectivity index (χ0n) is 14.7. The molecule has 3 aromatic carbocycles. The molecule has 0 atom stereocenters. The average molecular weight is 336 g/mol. The Labute approximate surface area is 155 Å². The highest BCUT2D eigenvalue weighted by molar-refractivity contribution is 5.70. The lowest BCUT2D eigenvalue weighted by Gasteiger charge is -2.07. The number of hydrogen-bond donors (Lipinski definition) is 0. The summed E-state index contributed by atoms with van der Waals surface area (Å²) in [6.07, 6.45) is 2.73. The molecule has 0 saturated heterocycles. The summed E-state index contributed by atoms with van der Waals surface area (Å²) in [5, 5.41) is 17.3. The fraction of sp³-hybridized carbons (Fsp3) is 0.167. The molecule has 0 N–H and O–H groups in total. The van der Waals surface area contributed by atoms with Crippen molar-refractivity contribution < 1.29 is 0 Å². The van der Waals surface area contributed by atoms with Crippen LogP contribution in [0.1, 0.15) is 24.0 Å². The van der Waals surface area contributed by atoms with E-state index in [4.69, 9.17) is 10.5 Å². The molecule has 0 bridgehead atoms. The van der Waals surface area contributed by atoms with Crippen LogP contribution in [0.4, 0.5) is 0 Å². The largest absolute Gasteiger partial charge is 0.198 e. The molecule has 2 heteroatoms. The van der Waals surface area contributed by atoms with Gasteiger partial charge in [0.1, 0.15) is 0 Å². The van der Waals surface area contributed by atoms with Crippen LogP contribution in [-0.2, 0) is 12.8 Å². The van der Waals surface area contributed by atoms with E-state index in [1.54, 1.807) is 0 Å². The van der Waals surface area contributed by atoms with Crippen LogP contribution in [0.15, 0.2) is 72.8 Å². The van der Waals surface area contributed by atoms with Crippen molar-refractivity contribution in [3.05, 3.63) is 83.9 Å². The standard InChI is InChI=1S/C24H20N2/c25-17-1-3-19-5-9-21(10-6-19)23-13-15-24(16-14-23)22-11-7-20(8-12-22)4-2-18-26/h5-16H,1-4H2. The minimum Gasteiger partial charge on any atom is -0.198 e. The summed E-state index contributed by atoms with van der Waals surface area (Å²) in [4.78, 5) is 0. The van der Waals surface area contributed by atoms with Gasteiger partial charge in [-0.05, 0) is 46.2 Å². The topological polar surface area (TPSA) is 47.6 Å². The second kappa shape index (κ2) is 8.65. The van der Waals surface area contributed by atoms with Crippen molar-refractivity contribution in [3.8, 4) is 34.4 Å². The molecule has 126 valence electrons. The molecular weight excluding hydrogens is 316 g/mol. The van der Waals surface area contributed by atoms with Crippen molar-refractivity contribution >= 4 is 0 Å². The highest BCUT2D eigenvalue weighted by Crippen LogP contribution is 2.25. The predicted molar refractivity (Wildman–Crippen MR) is 105 cm³/mol. The first kappa shape index (κ1) is 17.5. The van der Waals surface area contributed by atoms with Gasteiger partial charge in [0.15, 0.2) is 0 Å². The van der Waals surface area contributed by atoms with Crippen molar-refractivity contribution in [1.82, 2.24) is 0 Å². The van der Waals surface area contributed by atoms with Gasteiger partial charge in [-0.25, -0.2) is 0 Å². The lowest BCUT2D eigenvalue weighted by molar-refractivity contribution is 1.01. The fourth-order valence-electron chi connectivity index (χ4n) is 2.98. The average Bonchev–Trinajstić information content (AvgIpc) is 2.72. The molecular formula is C24H20N2. The Bertz CT molecular complexity index is 841. The number of aryl methyl sites for hydroxylation is 2. The third-order valence-corrected chi connectivity index (χ3v) is 4.51. The first-order valence-electron chi connectivity index (χ1n) is 8.83. The molecule has 2 nitrogen and oxygen atoms in total. The summed E-state index contributed by atoms with van der Waals surface area (Å²) in [6.45, 7) is 0. The van der Waals surface area contributed by atoms with Gasteiger partial charge in [0.05, 0.1) is 12.1 Å². The summed E-state index contributed by atoms with van der Waals surface area (Å²) in [7, 11) is 0. The second-order valence-corrected chi connectivity index (χ2v) is 6.29. The highest BCUT2D eigenvalue weighted by atomic mass is 14.2. The van der Waals surface area contributed by atoms with E-state index in [9.17, 15) is 0 Å². The second-order valence-electron chi connectivity index (χ2n) is 6.29. The molecule has 0 radical (unpaired) electrons. The van der Waals surface area contributed by atoms with Gasteiger partial charge in [0, 0.05) is 12.8 Å². The zero-order valence-corrected chi connectivity index (χ0v) is 14.7. The van der Waals surface area contributed by atoms with Crippen LogP contribution in [0.25, 0.3) is 22.3 Å². The van der Waals surface area contributed by atoms with Crippen LogP contribution in [0, 0.1) is 22.7 Å². The molecule has 3 rings (SSSR count). The van der Waals surface area contributed by atoms with Crippen LogP contribution < -0.4 is 0 Å². The maximum Gasteiger partial charge on any atom is 0.0625 e. The van der Waals surface area contributed by atoms with E-state index in [1.807, 2.05) is 0 Å². The maximum atomic E-state index is 8.67. The Morgan fingerprint density at radius 1 is 0.462 bits per heavy atom. The quantitative estimate of drug-likeness (QED) is 0.560. The van der Waals surface area contributed by atoms with E-state index in [-0.39, 0.29) is 0 Å². The molecule has 0 unspecified atom stereocenters. The molecule has 26 heavy (non-hydrogen) atoms. The van der Waals surface area contributed by atoms with Crippen LogP contribution in [-0.4, -0.2) is 0 Å². The van der Waals surface area contributed by atoms with Crippen molar-refractivity contribution in [1.29, 1.82) is 10.5 Å². The van der Waals surface area contributed by atoms with Crippen LogP contribution >= 0.6 is 0 Å². The Balaban J connectivity index is 1.72. The first-order valence-corrected chi connectivity index (χ1v) is 8.83. The van der Waals surface area contributed by atoms with Gasteiger partial charge in [-0.3, -0.25) is 0 Å². The van der Waals surface area contributed by atoms with Gasteiger partial charge in [0.25, 0.3) is 0 Å². The van der Waals surface area contributed by atoms with Crippen molar-refractivity contribution in [2.75, 3.05) is 0 Å². The van der Waals surface area contributed by atoms with E-state index in [2.05, 4.69) is 84.9 Å². The summed E-state index contributed by atoms with van der Waals surface area (Å²) in [6, 6.07) is 29.8. The van der Waals surface area contributed by atoms with E-state index >= 15 is 0 Å². The Hall–Kier alpha value is -3.36. The Kier molecular flexibility index (Phi) is 5.81. The Morgan fingerprint density at radius 3 is 1.00 bits per heavy atom. The molecule has 0 aliphatic rings. The van der Waals surface area contributed by atoms with Crippen molar-refractivity contribution in [2.45, 2.75) is 25.7 Å². The number of nitrogens with zero attached hydrogens (tertiary/aromatic N) is 2. The monoisotopic (exact) mass is 336 g/mol. The molecule has 3 aromatic rings. The number of rotatable bonds is 6. The molecule has 0 fully saturated rings. The lowest BCUT2D eigenvalue weighted by Crippen LogP contribution is -1.86. The maximum absolute atomic E-state index is 8.67. The van der Waals surface area contributed by atoms with Crippen LogP contribution in [0.5, 0.6) is 0 Å². The smallest absolute Gasteiger partial charge is 0.0625 e. The summed E-state index contributed by atoms with van der Waals surface area (Å²) < 4.78 is 0. The van der Waals surface area contributed by atoms with Gasteiger partial charge in [-0.2, -0.15) is 10.5 Å². The minimum atomic E-state index is 0.559. The van der Waals surface area contributed by atoms with Gasteiger partial charge < -0.3 is 0 Å². The van der Waals surface area contributed by atoms with Crippen molar-refractivity contribution in [3.63, 3.8) is 0 Å². The normalized spacial score (nSPS) is 10.1. The van der Waals surface area contributed by atoms with Crippen LogP contribution in [0.2, 0.25) is 0 Å². The van der Waals surface area contributed by atoms with E-state index < -0.39 is 0 Å². The van der Waals surface area contributed by atoms with Crippen LogP contribution in [0.3, 0.4) is 0 Å². The fourth-order valence-corrected chi connectivity index (χ4v) is 2.98. The predicted octanol–water partition coefficient (Wildman–Crippen LogP) is 5.93. The number of nitriles is 2. The van der Waals surface area contributed by atoms with Gasteiger partial charge in [-0.15, -0.1) is 0 Å². The molecule has 0 saturated carbocycles. The summed E-state index contributed by atoms with van der Waals surface area (Å²) in [5.41, 5.74) is 7.14. The molecule has 0 aliphatic heterocycles. The molecule has 0 heterocycles. The van der Waals surface area contributed by atoms with Gasteiger partial charge >= 0.3 is 0 Å². The lowest BCUT2D eigenvalue weighted by atomic mass is 9.98. The molecule has 0 aliphatic carbocycles. The highest BCUT2D eigenvalue weighted by Gasteiger charge is 2.02. The van der Waals surface area contributed by atoms with Gasteiger partial charge in [0.2, 0.25) is 0 Å². The third-order valence-electron chi connectivity index (χ3n) is 4.51. The van der Waals surface area contributed by atoms with Crippen molar-refractivity contribution in [2.24, 2.45) is 0 Å². The SMILES string of the molecule is N#CCCc1ccc(-c2ccc(-c3ccc(CCC#N)cc3)cc2)cc1. The molecule has 0 amide bonds. The zero-order chi connectivity index (χ0) is 18.2. The molecule has 0 aromatic heterocycles. The minimum absolute atomic E-state index is 0.559. The van der Waals surface area contributed by atoms with Gasteiger partial charge in [-0.1, -0.05) is 72.8 Å². The molecule has 0 spiro atoms. The number of benzene rings is 3. The third kappa shape index (κ3) is 4.38. The summed E-state index contributed by atoms with van der Waals surface area (Å²) in [5.74, 6) is 0. The van der Waals surface area contributed by atoms with E-state index in [0.29, 0.717) is 12.8 Å². The number of hydrogen-bond acceptors (Lipinski definition) is 2. The Morgan fingerprint density at radius 2 is 0.731 bits per heavy atom. The van der Waals surface area contributed by atoms with E-state index in [1.165, 1.54) is 33.4 Å². The van der Waals surface area contributed by atoms with E-state index in [0.717, 1.165) is 12.8 Å².